The van der Waals surface area contributed by atoms with Crippen molar-refractivity contribution in [3.05, 3.63) is 16.1 Å². The van der Waals surface area contributed by atoms with Crippen LogP contribution in [0, 0.1) is 0 Å². The first-order valence-corrected chi connectivity index (χ1v) is 6.51. The lowest BCUT2D eigenvalue weighted by Gasteiger charge is -2.21. The van der Waals surface area contributed by atoms with Gasteiger partial charge in [-0.25, -0.2) is 4.98 Å². The number of rotatable bonds is 4. The van der Waals surface area contributed by atoms with Gasteiger partial charge in [0.1, 0.15) is 11.1 Å². The Kier molecular flexibility index (Phi) is 4.47. The number of thiazole rings is 1. The van der Waals surface area contributed by atoms with Crippen molar-refractivity contribution in [3.63, 3.8) is 0 Å². The van der Waals surface area contributed by atoms with Gasteiger partial charge in [0, 0.05) is 24.9 Å². The molecule has 0 aliphatic carbocycles. The average molecular weight is 256 g/mol. The van der Waals surface area contributed by atoms with Crippen LogP contribution in [-0.4, -0.2) is 37.8 Å². The molecule has 1 saturated heterocycles. The number of carbonyl (C=O) groups is 1. The van der Waals surface area contributed by atoms with Gasteiger partial charge < -0.3 is 14.8 Å². The Morgan fingerprint density at radius 3 is 3.35 bits per heavy atom. The van der Waals surface area contributed by atoms with Gasteiger partial charge in [-0.05, 0) is 0 Å². The lowest BCUT2D eigenvalue weighted by atomic mass is 10.2. The highest BCUT2D eigenvalue weighted by molar-refractivity contribution is 7.09. The molecule has 5 nitrogen and oxygen atoms in total. The Balaban J connectivity index is 1.88. The highest BCUT2D eigenvalue weighted by Gasteiger charge is 2.19. The standard InChI is InChI=1S/C11H16N2O3S/c1-15-10(14)3-2-8-7-17-11(13-8)9-6-12-4-5-16-9/h7,9,12H,2-6H2,1H3. The van der Waals surface area contributed by atoms with Crippen LogP contribution in [-0.2, 0) is 20.7 Å². The molecule has 1 aromatic rings. The van der Waals surface area contributed by atoms with Crippen molar-refractivity contribution in [3.8, 4) is 0 Å². The van der Waals surface area contributed by atoms with Crippen molar-refractivity contribution < 1.29 is 14.3 Å². The SMILES string of the molecule is COC(=O)CCc1csc(C2CNCCO2)n1. The summed E-state index contributed by atoms with van der Waals surface area (Å²) in [6, 6.07) is 0. The number of hydrogen-bond acceptors (Lipinski definition) is 6. The number of methoxy groups -OCH3 is 1. The first-order valence-electron chi connectivity index (χ1n) is 5.63. The van der Waals surface area contributed by atoms with Gasteiger partial charge in [-0.2, -0.15) is 0 Å². The van der Waals surface area contributed by atoms with E-state index < -0.39 is 0 Å². The normalized spacial score (nSPS) is 20.2. The van der Waals surface area contributed by atoms with E-state index in [0.29, 0.717) is 12.8 Å². The molecule has 17 heavy (non-hydrogen) atoms. The van der Waals surface area contributed by atoms with Crippen LogP contribution < -0.4 is 5.32 Å². The number of hydrogen-bond donors (Lipinski definition) is 1. The zero-order valence-corrected chi connectivity index (χ0v) is 10.6. The molecule has 94 valence electrons. The zero-order valence-electron chi connectivity index (χ0n) is 9.77. The fraction of sp³-hybridized carbons (Fsp3) is 0.636. The summed E-state index contributed by atoms with van der Waals surface area (Å²) < 4.78 is 10.2. The Bertz CT molecular complexity index is 375. The second kappa shape index (κ2) is 6.09. The lowest BCUT2D eigenvalue weighted by Crippen LogP contribution is -2.33. The Morgan fingerprint density at radius 1 is 1.76 bits per heavy atom. The maximum atomic E-state index is 11.0. The number of nitrogens with one attached hydrogen (secondary N) is 1. The number of carbonyl (C=O) groups excluding carboxylic acids is 1. The summed E-state index contributed by atoms with van der Waals surface area (Å²) >= 11 is 1.59. The first kappa shape index (κ1) is 12.5. The van der Waals surface area contributed by atoms with Crippen molar-refractivity contribution in [1.29, 1.82) is 0 Å². The van der Waals surface area contributed by atoms with Crippen LogP contribution in [0.1, 0.15) is 23.2 Å². The molecule has 1 fully saturated rings. The van der Waals surface area contributed by atoms with Crippen molar-refractivity contribution in [2.45, 2.75) is 18.9 Å². The van der Waals surface area contributed by atoms with Crippen LogP contribution >= 0.6 is 11.3 Å². The highest BCUT2D eigenvalue weighted by atomic mass is 32.1. The molecule has 0 spiro atoms. The van der Waals surface area contributed by atoms with Gasteiger partial charge in [0.25, 0.3) is 0 Å². The van der Waals surface area contributed by atoms with Crippen molar-refractivity contribution in [2.24, 2.45) is 0 Å². The monoisotopic (exact) mass is 256 g/mol. The molecule has 2 heterocycles. The van der Waals surface area contributed by atoms with E-state index in [1.54, 1.807) is 11.3 Å². The van der Waals surface area contributed by atoms with E-state index in [1.807, 2.05) is 5.38 Å². The first-order chi connectivity index (χ1) is 8.29. The molecule has 1 atom stereocenters. The third-order valence-electron chi connectivity index (χ3n) is 2.59. The predicted molar refractivity (Wildman–Crippen MR) is 64.0 cm³/mol. The molecular weight excluding hydrogens is 240 g/mol. The molecule has 2 rings (SSSR count). The molecule has 1 N–H and O–H groups in total. The van der Waals surface area contributed by atoms with E-state index in [0.717, 1.165) is 30.4 Å². The fourth-order valence-corrected chi connectivity index (χ4v) is 2.54. The molecule has 1 aliphatic rings. The lowest BCUT2D eigenvalue weighted by molar-refractivity contribution is -0.140. The number of morpholine rings is 1. The van der Waals surface area contributed by atoms with Gasteiger partial charge in [0.2, 0.25) is 0 Å². The predicted octanol–water partition coefficient (Wildman–Crippen LogP) is 0.910. The van der Waals surface area contributed by atoms with Gasteiger partial charge in [0.15, 0.2) is 0 Å². The molecule has 0 saturated carbocycles. The fourth-order valence-electron chi connectivity index (χ4n) is 1.64. The summed E-state index contributed by atoms with van der Waals surface area (Å²) in [5.41, 5.74) is 0.935. The van der Waals surface area contributed by atoms with Gasteiger partial charge in [0.05, 0.1) is 25.8 Å². The maximum absolute atomic E-state index is 11.0. The number of ether oxygens (including phenoxy) is 2. The summed E-state index contributed by atoms with van der Waals surface area (Å²) in [5.74, 6) is -0.199. The van der Waals surface area contributed by atoms with Crippen LogP contribution in [0.5, 0.6) is 0 Å². The molecule has 0 aromatic carbocycles. The van der Waals surface area contributed by atoms with Crippen LogP contribution in [0.3, 0.4) is 0 Å². The van der Waals surface area contributed by atoms with Crippen LogP contribution in [0.2, 0.25) is 0 Å². The van der Waals surface area contributed by atoms with Crippen LogP contribution in [0.15, 0.2) is 5.38 Å². The van der Waals surface area contributed by atoms with Crippen LogP contribution in [0.4, 0.5) is 0 Å². The van der Waals surface area contributed by atoms with Gasteiger partial charge in [-0.15, -0.1) is 11.3 Å². The second-order valence-corrected chi connectivity index (χ2v) is 4.71. The maximum Gasteiger partial charge on any atom is 0.305 e. The summed E-state index contributed by atoms with van der Waals surface area (Å²) in [7, 11) is 1.40. The number of nitrogens with zero attached hydrogens (tertiary/aromatic N) is 1. The van der Waals surface area contributed by atoms with Crippen LogP contribution in [0.25, 0.3) is 0 Å². The molecule has 0 radical (unpaired) electrons. The summed E-state index contributed by atoms with van der Waals surface area (Å²) in [4.78, 5) is 15.5. The van der Waals surface area contributed by atoms with E-state index in [9.17, 15) is 4.79 Å². The smallest absolute Gasteiger partial charge is 0.305 e. The quantitative estimate of drug-likeness (QED) is 0.811. The van der Waals surface area contributed by atoms with E-state index in [1.165, 1.54) is 7.11 Å². The summed E-state index contributed by atoms with van der Waals surface area (Å²) in [5, 5.41) is 6.24. The second-order valence-electron chi connectivity index (χ2n) is 3.82. The molecule has 1 aromatic heterocycles. The van der Waals surface area contributed by atoms with Crippen molar-refractivity contribution in [2.75, 3.05) is 26.8 Å². The average Bonchev–Trinajstić information content (AvgIpc) is 2.86. The molecule has 0 amide bonds. The Morgan fingerprint density at radius 2 is 2.65 bits per heavy atom. The van der Waals surface area contributed by atoms with E-state index in [2.05, 4.69) is 15.0 Å². The number of aromatic nitrogens is 1. The largest absolute Gasteiger partial charge is 0.469 e. The third kappa shape index (κ3) is 3.49. The number of esters is 1. The highest BCUT2D eigenvalue weighted by Crippen LogP contribution is 2.23. The van der Waals surface area contributed by atoms with E-state index in [-0.39, 0.29) is 12.1 Å². The minimum Gasteiger partial charge on any atom is -0.469 e. The zero-order chi connectivity index (χ0) is 12.1. The molecule has 0 bridgehead atoms. The summed E-state index contributed by atoms with van der Waals surface area (Å²) in [6.45, 7) is 2.43. The van der Waals surface area contributed by atoms with Gasteiger partial charge >= 0.3 is 5.97 Å². The van der Waals surface area contributed by atoms with Gasteiger partial charge in [-0.1, -0.05) is 0 Å². The van der Waals surface area contributed by atoms with Gasteiger partial charge in [-0.3, -0.25) is 4.79 Å². The minimum atomic E-state index is -0.199. The summed E-state index contributed by atoms with van der Waals surface area (Å²) in [6.07, 6.45) is 1.06. The van der Waals surface area contributed by atoms with E-state index in [4.69, 9.17) is 4.74 Å². The Hall–Kier alpha value is -0.980. The number of aryl methyl sites for hydroxylation is 1. The topological polar surface area (TPSA) is 60.5 Å². The molecule has 6 heteroatoms. The van der Waals surface area contributed by atoms with E-state index >= 15 is 0 Å². The minimum absolute atomic E-state index is 0.0561. The molecule has 1 unspecified atom stereocenters. The Labute approximate surface area is 104 Å². The molecule has 1 aliphatic heterocycles. The van der Waals surface area contributed by atoms with Crippen molar-refractivity contribution in [1.82, 2.24) is 10.3 Å². The van der Waals surface area contributed by atoms with Crippen molar-refractivity contribution >= 4 is 17.3 Å². The third-order valence-corrected chi connectivity index (χ3v) is 3.57. The molecular formula is C11H16N2O3S.